The molecule has 0 saturated carbocycles. The van der Waals surface area contributed by atoms with Crippen LogP contribution in [0.15, 0.2) is 42.5 Å². The number of benzene rings is 2. The second-order valence-electron chi connectivity index (χ2n) is 6.58. The van der Waals surface area contributed by atoms with Gasteiger partial charge >= 0.3 is 6.03 Å². The van der Waals surface area contributed by atoms with Crippen molar-refractivity contribution in [3.8, 4) is 11.5 Å². The summed E-state index contributed by atoms with van der Waals surface area (Å²) >= 11 is 0. The van der Waals surface area contributed by atoms with E-state index in [1.165, 1.54) is 0 Å². The molecule has 2 N–H and O–H groups in total. The van der Waals surface area contributed by atoms with Crippen molar-refractivity contribution in [3.05, 3.63) is 42.5 Å². The molecular weight excluding hydrogens is 358 g/mol. The topological polar surface area (TPSA) is 82.7 Å². The third-order valence-electron chi connectivity index (χ3n) is 4.85. The molecule has 1 fully saturated rings. The summed E-state index contributed by atoms with van der Waals surface area (Å²) in [6, 6.07) is 13.1. The molecule has 0 atom stereocenters. The number of imidazole rings is 1. The van der Waals surface area contributed by atoms with E-state index in [1.807, 2.05) is 24.3 Å². The number of rotatable bonds is 4. The Labute approximate surface area is 163 Å². The summed E-state index contributed by atoms with van der Waals surface area (Å²) in [5.41, 5.74) is 2.61. The molecule has 28 heavy (non-hydrogen) atoms. The van der Waals surface area contributed by atoms with E-state index in [2.05, 4.69) is 20.2 Å². The number of fused-ring (bicyclic) bond motifs is 1. The lowest BCUT2D eigenvalue weighted by atomic mass is 10.2. The van der Waals surface area contributed by atoms with Crippen molar-refractivity contribution in [2.24, 2.45) is 0 Å². The van der Waals surface area contributed by atoms with Gasteiger partial charge in [-0.05, 0) is 12.1 Å². The SMILES string of the molecule is COc1cc(NC(=O)N2CCN(c3nc4ccccc4[nH]3)CC2)cc(OC)c1. The summed E-state index contributed by atoms with van der Waals surface area (Å²) in [6.45, 7) is 2.66. The Morgan fingerprint density at radius 1 is 1.04 bits per heavy atom. The van der Waals surface area contributed by atoms with Crippen LogP contribution < -0.4 is 19.7 Å². The fourth-order valence-corrected chi connectivity index (χ4v) is 3.29. The molecule has 146 valence electrons. The van der Waals surface area contributed by atoms with Crippen LogP contribution in [0.1, 0.15) is 0 Å². The number of anilines is 2. The van der Waals surface area contributed by atoms with Crippen LogP contribution in [0.2, 0.25) is 0 Å². The van der Waals surface area contributed by atoms with Gasteiger partial charge in [0.15, 0.2) is 0 Å². The Bertz CT molecular complexity index is 924. The summed E-state index contributed by atoms with van der Waals surface area (Å²) < 4.78 is 10.5. The molecule has 0 radical (unpaired) electrons. The maximum Gasteiger partial charge on any atom is 0.321 e. The number of H-pyrrole nitrogens is 1. The first kappa shape index (κ1) is 18.0. The molecule has 0 aliphatic carbocycles. The Balaban J connectivity index is 1.38. The van der Waals surface area contributed by atoms with Gasteiger partial charge in [-0.1, -0.05) is 12.1 Å². The first-order valence-electron chi connectivity index (χ1n) is 9.15. The molecule has 0 bridgehead atoms. The maximum atomic E-state index is 12.6. The number of piperazine rings is 1. The second kappa shape index (κ2) is 7.67. The third-order valence-corrected chi connectivity index (χ3v) is 4.85. The molecule has 0 unspecified atom stereocenters. The van der Waals surface area contributed by atoms with Gasteiger partial charge in [0.25, 0.3) is 0 Å². The van der Waals surface area contributed by atoms with Gasteiger partial charge in [0.05, 0.1) is 25.3 Å². The lowest BCUT2D eigenvalue weighted by Crippen LogP contribution is -2.50. The minimum atomic E-state index is -0.139. The standard InChI is InChI=1S/C20H23N5O3/c1-27-15-11-14(12-16(13-15)28-2)21-20(26)25-9-7-24(8-10-25)19-22-17-5-3-4-6-18(17)23-19/h3-6,11-13H,7-10H2,1-2H3,(H,21,26)(H,22,23). The molecule has 2 aromatic carbocycles. The minimum absolute atomic E-state index is 0.139. The van der Waals surface area contributed by atoms with Gasteiger partial charge in [-0.25, -0.2) is 9.78 Å². The largest absolute Gasteiger partial charge is 0.497 e. The minimum Gasteiger partial charge on any atom is -0.497 e. The molecule has 2 heterocycles. The Morgan fingerprint density at radius 2 is 1.71 bits per heavy atom. The van der Waals surface area contributed by atoms with E-state index in [9.17, 15) is 4.79 Å². The van der Waals surface area contributed by atoms with Gasteiger partial charge < -0.3 is 29.6 Å². The number of hydrogen-bond donors (Lipinski definition) is 2. The predicted octanol–water partition coefficient (Wildman–Crippen LogP) is 2.93. The van der Waals surface area contributed by atoms with Gasteiger partial charge in [-0.2, -0.15) is 0 Å². The number of carbonyl (C=O) groups excluding carboxylic acids is 1. The van der Waals surface area contributed by atoms with E-state index in [4.69, 9.17) is 9.47 Å². The molecule has 0 spiro atoms. The Morgan fingerprint density at radius 3 is 2.36 bits per heavy atom. The summed E-state index contributed by atoms with van der Waals surface area (Å²) in [6.07, 6.45) is 0. The van der Waals surface area contributed by atoms with Gasteiger partial charge in [-0.3, -0.25) is 0 Å². The fraction of sp³-hybridized carbons (Fsp3) is 0.300. The summed E-state index contributed by atoms with van der Waals surface area (Å²) in [7, 11) is 3.16. The van der Waals surface area contributed by atoms with Crippen LogP contribution in [0, 0.1) is 0 Å². The normalized spacial score (nSPS) is 14.2. The molecule has 8 heteroatoms. The molecule has 8 nitrogen and oxygen atoms in total. The number of nitrogens with one attached hydrogen (secondary N) is 2. The van der Waals surface area contributed by atoms with Crippen LogP contribution >= 0.6 is 0 Å². The maximum absolute atomic E-state index is 12.6. The van der Waals surface area contributed by atoms with E-state index in [0.717, 1.165) is 17.0 Å². The monoisotopic (exact) mass is 381 g/mol. The average molecular weight is 381 g/mol. The average Bonchev–Trinajstić information content (AvgIpc) is 3.17. The lowest BCUT2D eigenvalue weighted by molar-refractivity contribution is 0.208. The molecule has 1 aliphatic heterocycles. The number of urea groups is 1. The van der Waals surface area contributed by atoms with Crippen molar-refractivity contribution in [2.45, 2.75) is 0 Å². The van der Waals surface area contributed by atoms with E-state index >= 15 is 0 Å². The zero-order valence-corrected chi connectivity index (χ0v) is 15.9. The van der Waals surface area contributed by atoms with Crippen LogP contribution in [0.5, 0.6) is 11.5 Å². The lowest BCUT2D eigenvalue weighted by Gasteiger charge is -2.34. The van der Waals surface area contributed by atoms with Crippen molar-refractivity contribution >= 4 is 28.7 Å². The van der Waals surface area contributed by atoms with E-state index < -0.39 is 0 Å². The molecule has 3 aromatic rings. The van der Waals surface area contributed by atoms with Crippen molar-refractivity contribution < 1.29 is 14.3 Å². The van der Waals surface area contributed by atoms with Gasteiger partial charge in [0, 0.05) is 50.1 Å². The number of aromatic amines is 1. The van der Waals surface area contributed by atoms with Gasteiger partial charge in [-0.15, -0.1) is 0 Å². The van der Waals surface area contributed by atoms with Gasteiger partial charge in [0.1, 0.15) is 11.5 Å². The number of carbonyl (C=O) groups is 1. The molecule has 2 amide bonds. The smallest absolute Gasteiger partial charge is 0.321 e. The van der Waals surface area contributed by atoms with E-state index in [-0.39, 0.29) is 6.03 Å². The first-order valence-corrected chi connectivity index (χ1v) is 9.15. The highest BCUT2D eigenvalue weighted by atomic mass is 16.5. The van der Waals surface area contributed by atoms with E-state index in [0.29, 0.717) is 43.4 Å². The molecular formula is C20H23N5O3. The molecule has 1 aliphatic rings. The quantitative estimate of drug-likeness (QED) is 0.726. The van der Waals surface area contributed by atoms with Crippen LogP contribution in [-0.4, -0.2) is 61.3 Å². The predicted molar refractivity (Wildman–Crippen MR) is 108 cm³/mol. The highest BCUT2D eigenvalue weighted by Crippen LogP contribution is 2.26. The third kappa shape index (κ3) is 3.66. The Hall–Kier alpha value is -3.42. The fourth-order valence-electron chi connectivity index (χ4n) is 3.29. The summed E-state index contributed by atoms with van der Waals surface area (Å²) in [4.78, 5) is 24.6. The molecule has 1 aromatic heterocycles. The van der Waals surface area contributed by atoms with Crippen LogP contribution in [0.3, 0.4) is 0 Å². The zero-order valence-electron chi connectivity index (χ0n) is 15.9. The van der Waals surface area contributed by atoms with Crippen molar-refractivity contribution in [2.75, 3.05) is 50.6 Å². The number of nitrogens with zero attached hydrogens (tertiary/aromatic N) is 3. The summed E-state index contributed by atoms with van der Waals surface area (Å²) in [5, 5.41) is 2.92. The van der Waals surface area contributed by atoms with Crippen molar-refractivity contribution in [1.29, 1.82) is 0 Å². The van der Waals surface area contributed by atoms with Crippen molar-refractivity contribution in [3.63, 3.8) is 0 Å². The number of aromatic nitrogens is 2. The van der Waals surface area contributed by atoms with Crippen LogP contribution in [0.25, 0.3) is 11.0 Å². The van der Waals surface area contributed by atoms with Crippen LogP contribution in [-0.2, 0) is 0 Å². The number of ether oxygens (including phenoxy) is 2. The number of amides is 2. The van der Waals surface area contributed by atoms with Gasteiger partial charge in [0.2, 0.25) is 5.95 Å². The highest BCUT2D eigenvalue weighted by molar-refractivity contribution is 5.90. The van der Waals surface area contributed by atoms with Crippen molar-refractivity contribution in [1.82, 2.24) is 14.9 Å². The molecule has 1 saturated heterocycles. The Kier molecular flexibility index (Phi) is 4.92. The summed E-state index contributed by atoms with van der Waals surface area (Å²) in [5.74, 6) is 2.10. The first-order chi connectivity index (χ1) is 13.7. The van der Waals surface area contributed by atoms with Crippen LogP contribution in [0.4, 0.5) is 16.4 Å². The number of methoxy groups -OCH3 is 2. The van der Waals surface area contributed by atoms with E-state index in [1.54, 1.807) is 37.3 Å². The number of hydrogen-bond acceptors (Lipinski definition) is 5. The molecule has 4 rings (SSSR count). The highest BCUT2D eigenvalue weighted by Gasteiger charge is 2.23. The zero-order chi connectivity index (χ0) is 19.5. The second-order valence-corrected chi connectivity index (χ2v) is 6.58. The number of para-hydroxylation sites is 2.